The number of anilines is 1. The van der Waals surface area contributed by atoms with Crippen LogP contribution >= 0.6 is 0 Å². The molecule has 0 fully saturated rings. The van der Waals surface area contributed by atoms with Crippen LogP contribution in [0.3, 0.4) is 0 Å². The SMILES string of the molecule is CNCCC(O)C(O)c1cccc2c1NC(=O)C2. The lowest BCUT2D eigenvalue weighted by molar-refractivity contribution is -0.115. The molecule has 0 aliphatic carbocycles. The maximum atomic E-state index is 11.4. The first-order valence-corrected chi connectivity index (χ1v) is 6.06. The van der Waals surface area contributed by atoms with Crippen LogP contribution in [0.2, 0.25) is 0 Å². The van der Waals surface area contributed by atoms with Crippen LogP contribution in [0.1, 0.15) is 23.7 Å². The fourth-order valence-corrected chi connectivity index (χ4v) is 2.18. The molecule has 1 aliphatic rings. The minimum Gasteiger partial charge on any atom is -0.390 e. The van der Waals surface area contributed by atoms with Crippen molar-refractivity contribution in [3.63, 3.8) is 0 Å². The lowest BCUT2D eigenvalue weighted by Crippen LogP contribution is -2.24. The first kappa shape index (κ1) is 13.0. The van der Waals surface area contributed by atoms with Crippen molar-refractivity contribution < 1.29 is 15.0 Å². The average Bonchev–Trinajstić information content (AvgIpc) is 2.74. The van der Waals surface area contributed by atoms with Crippen molar-refractivity contribution in [2.24, 2.45) is 0 Å². The van der Waals surface area contributed by atoms with Gasteiger partial charge in [-0.3, -0.25) is 4.79 Å². The molecule has 2 atom stereocenters. The van der Waals surface area contributed by atoms with Crippen molar-refractivity contribution in [2.45, 2.75) is 25.0 Å². The molecule has 1 aliphatic heterocycles. The minimum atomic E-state index is -0.980. The number of para-hydroxylation sites is 1. The number of aliphatic hydroxyl groups is 2. The lowest BCUT2D eigenvalue weighted by atomic mass is 9.98. The number of carbonyl (C=O) groups is 1. The van der Waals surface area contributed by atoms with E-state index in [1.165, 1.54) is 0 Å². The number of benzene rings is 1. The van der Waals surface area contributed by atoms with Crippen LogP contribution in [0.5, 0.6) is 0 Å². The molecule has 0 saturated heterocycles. The van der Waals surface area contributed by atoms with E-state index in [1.54, 1.807) is 19.2 Å². The molecule has 1 aromatic carbocycles. The number of amides is 1. The van der Waals surface area contributed by atoms with Crippen molar-refractivity contribution in [1.29, 1.82) is 0 Å². The molecule has 4 N–H and O–H groups in total. The molecular formula is C13H18N2O3. The van der Waals surface area contributed by atoms with Crippen LogP contribution in [0.4, 0.5) is 5.69 Å². The second kappa shape index (κ2) is 5.48. The zero-order valence-corrected chi connectivity index (χ0v) is 10.3. The van der Waals surface area contributed by atoms with Crippen molar-refractivity contribution in [3.05, 3.63) is 29.3 Å². The molecule has 0 saturated carbocycles. The normalized spacial score (nSPS) is 17.2. The van der Waals surface area contributed by atoms with Gasteiger partial charge in [-0.2, -0.15) is 0 Å². The maximum absolute atomic E-state index is 11.4. The largest absolute Gasteiger partial charge is 0.390 e. The predicted octanol–water partition coefficient (Wildman–Crippen LogP) is 0.185. The van der Waals surface area contributed by atoms with Gasteiger partial charge in [-0.15, -0.1) is 0 Å². The predicted molar refractivity (Wildman–Crippen MR) is 68.3 cm³/mol. The van der Waals surface area contributed by atoms with E-state index in [0.717, 1.165) is 5.56 Å². The van der Waals surface area contributed by atoms with Gasteiger partial charge in [-0.25, -0.2) is 0 Å². The Morgan fingerprint density at radius 3 is 2.94 bits per heavy atom. The van der Waals surface area contributed by atoms with Gasteiger partial charge in [-0.05, 0) is 25.6 Å². The molecule has 1 amide bonds. The average molecular weight is 250 g/mol. The van der Waals surface area contributed by atoms with E-state index in [9.17, 15) is 15.0 Å². The van der Waals surface area contributed by atoms with E-state index in [0.29, 0.717) is 30.6 Å². The number of aliphatic hydroxyl groups excluding tert-OH is 2. The summed E-state index contributed by atoms with van der Waals surface area (Å²) in [6.07, 6.45) is -1.04. The molecule has 2 unspecified atom stereocenters. The molecule has 0 bridgehead atoms. The summed E-state index contributed by atoms with van der Waals surface area (Å²) in [5.41, 5.74) is 2.11. The Labute approximate surface area is 106 Å². The number of fused-ring (bicyclic) bond motifs is 1. The van der Waals surface area contributed by atoms with Gasteiger partial charge in [0.1, 0.15) is 6.10 Å². The Bertz CT molecular complexity index is 448. The molecule has 0 aromatic heterocycles. The highest BCUT2D eigenvalue weighted by molar-refractivity contribution is 6.00. The van der Waals surface area contributed by atoms with Crippen LogP contribution in [0, 0.1) is 0 Å². The van der Waals surface area contributed by atoms with E-state index in [2.05, 4.69) is 10.6 Å². The first-order valence-electron chi connectivity index (χ1n) is 6.06. The van der Waals surface area contributed by atoms with Crippen molar-refractivity contribution >= 4 is 11.6 Å². The van der Waals surface area contributed by atoms with Gasteiger partial charge in [0.05, 0.1) is 18.2 Å². The van der Waals surface area contributed by atoms with Gasteiger partial charge in [0.15, 0.2) is 0 Å². The minimum absolute atomic E-state index is 0.0747. The third-order valence-electron chi connectivity index (χ3n) is 3.17. The molecule has 0 radical (unpaired) electrons. The third kappa shape index (κ3) is 2.53. The molecule has 5 nitrogen and oxygen atoms in total. The summed E-state index contributed by atoms with van der Waals surface area (Å²) in [5, 5.41) is 25.7. The summed E-state index contributed by atoms with van der Waals surface area (Å²) in [7, 11) is 1.79. The van der Waals surface area contributed by atoms with E-state index in [-0.39, 0.29) is 5.91 Å². The van der Waals surface area contributed by atoms with Gasteiger partial charge in [0.2, 0.25) is 5.91 Å². The Kier molecular flexibility index (Phi) is 3.96. The van der Waals surface area contributed by atoms with E-state index in [1.807, 2.05) is 6.07 Å². The van der Waals surface area contributed by atoms with Crippen LogP contribution in [0.25, 0.3) is 0 Å². The number of hydrogen-bond donors (Lipinski definition) is 4. The van der Waals surface area contributed by atoms with Crippen molar-refractivity contribution in [3.8, 4) is 0 Å². The van der Waals surface area contributed by atoms with Crippen LogP contribution in [-0.2, 0) is 11.2 Å². The monoisotopic (exact) mass is 250 g/mol. The van der Waals surface area contributed by atoms with Gasteiger partial charge >= 0.3 is 0 Å². The molecule has 18 heavy (non-hydrogen) atoms. The number of rotatable bonds is 5. The summed E-state index contributed by atoms with van der Waals surface area (Å²) in [5.74, 6) is -0.0747. The third-order valence-corrected chi connectivity index (χ3v) is 3.17. The van der Waals surface area contributed by atoms with E-state index in [4.69, 9.17) is 0 Å². The van der Waals surface area contributed by atoms with Crippen LogP contribution in [-0.4, -0.2) is 35.8 Å². The molecule has 98 valence electrons. The molecular weight excluding hydrogens is 232 g/mol. The number of nitrogens with one attached hydrogen (secondary N) is 2. The van der Waals surface area contributed by atoms with Crippen LogP contribution in [0.15, 0.2) is 18.2 Å². The van der Waals surface area contributed by atoms with E-state index < -0.39 is 12.2 Å². The second-order valence-electron chi connectivity index (χ2n) is 4.51. The molecule has 1 aromatic rings. The highest BCUT2D eigenvalue weighted by Gasteiger charge is 2.26. The highest BCUT2D eigenvalue weighted by atomic mass is 16.3. The summed E-state index contributed by atoms with van der Waals surface area (Å²) in [4.78, 5) is 11.4. The Balaban J connectivity index is 2.19. The molecule has 2 rings (SSSR count). The lowest BCUT2D eigenvalue weighted by Gasteiger charge is -2.20. The Morgan fingerprint density at radius 2 is 2.22 bits per heavy atom. The molecule has 1 heterocycles. The summed E-state index contributed by atoms with van der Waals surface area (Å²) >= 11 is 0. The fraction of sp³-hybridized carbons (Fsp3) is 0.462. The second-order valence-corrected chi connectivity index (χ2v) is 4.51. The Hall–Kier alpha value is -1.43. The number of carbonyl (C=O) groups excluding carboxylic acids is 1. The molecule has 5 heteroatoms. The topological polar surface area (TPSA) is 81.6 Å². The highest BCUT2D eigenvalue weighted by Crippen LogP contribution is 2.33. The zero-order chi connectivity index (χ0) is 13.1. The van der Waals surface area contributed by atoms with Gasteiger partial charge in [0.25, 0.3) is 0 Å². The van der Waals surface area contributed by atoms with Crippen molar-refractivity contribution in [2.75, 3.05) is 18.9 Å². The van der Waals surface area contributed by atoms with Crippen LogP contribution < -0.4 is 10.6 Å². The number of hydrogen-bond acceptors (Lipinski definition) is 4. The quantitative estimate of drug-likeness (QED) is 0.601. The summed E-state index contributed by atoms with van der Waals surface area (Å²) in [6, 6.07) is 5.38. The summed E-state index contributed by atoms with van der Waals surface area (Å²) in [6.45, 7) is 0.625. The standard InChI is InChI=1S/C13H18N2O3/c1-14-6-5-10(16)13(18)9-4-2-3-8-7-11(17)15-12(8)9/h2-4,10,13-14,16,18H,5-7H2,1H3,(H,15,17). The zero-order valence-electron chi connectivity index (χ0n) is 10.3. The van der Waals surface area contributed by atoms with E-state index >= 15 is 0 Å². The maximum Gasteiger partial charge on any atom is 0.228 e. The van der Waals surface area contributed by atoms with Gasteiger partial charge in [0, 0.05) is 5.56 Å². The molecule has 0 spiro atoms. The van der Waals surface area contributed by atoms with Crippen molar-refractivity contribution in [1.82, 2.24) is 5.32 Å². The smallest absolute Gasteiger partial charge is 0.228 e. The van der Waals surface area contributed by atoms with Gasteiger partial charge < -0.3 is 20.8 Å². The van der Waals surface area contributed by atoms with Gasteiger partial charge in [-0.1, -0.05) is 18.2 Å². The fourth-order valence-electron chi connectivity index (χ4n) is 2.18. The Morgan fingerprint density at radius 1 is 1.44 bits per heavy atom. The first-order chi connectivity index (χ1) is 8.63. The summed E-state index contributed by atoms with van der Waals surface area (Å²) < 4.78 is 0.